The molecule has 9 heteroatoms. The van der Waals surface area contributed by atoms with Gasteiger partial charge in [0, 0.05) is 49.0 Å². The van der Waals surface area contributed by atoms with Crippen LogP contribution < -0.4 is 14.5 Å². The number of piperazine rings is 1. The maximum atomic E-state index is 6.45. The second-order valence-corrected chi connectivity index (χ2v) is 8.22. The van der Waals surface area contributed by atoms with Crippen LogP contribution >= 0.6 is 11.6 Å². The lowest BCUT2D eigenvalue weighted by molar-refractivity contribution is 0.371. The monoisotopic (exact) mass is 429 g/mol. The van der Waals surface area contributed by atoms with Gasteiger partial charge in [0.1, 0.15) is 17.9 Å². The highest BCUT2D eigenvalue weighted by molar-refractivity contribution is 6.31. The van der Waals surface area contributed by atoms with Gasteiger partial charge in [-0.05, 0) is 32.6 Å². The molecule has 1 saturated heterocycles. The Bertz CT molecular complexity index is 1030. The number of H-pyrrole nitrogens is 1. The van der Waals surface area contributed by atoms with E-state index in [-0.39, 0.29) is 0 Å². The first kappa shape index (κ1) is 20.7. The Morgan fingerprint density at radius 2 is 1.87 bits per heavy atom. The van der Waals surface area contributed by atoms with Gasteiger partial charge in [0.15, 0.2) is 5.65 Å². The van der Waals surface area contributed by atoms with Crippen LogP contribution in [-0.2, 0) is 13.0 Å². The first-order valence-electron chi connectivity index (χ1n) is 10.2. The van der Waals surface area contributed by atoms with Gasteiger partial charge >= 0.3 is 0 Å². The van der Waals surface area contributed by atoms with Crippen LogP contribution in [0.5, 0.6) is 5.75 Å². The molecule has 0 bridgehead atoms. The Morgan fingerprint density at radius 1 is 1.13 bits per heavy atom. The molecule has 0 amide bonds. The first-order chi connectivity index (χ1) is 14.5. The van der Waals surface area contributed by atoms with Crippen LogP contribution in [0.25, 0.3) is 11.0 Å². The van der Waals surface area contributed by atoms with E-state index < -0.39 is 0 Å². The minimum atomic E-state index is 0.726. The highest BCUT2D eigenvalue weighted by Crippen LogP contribution is 2.37. The zero-order valence-electron chi connectivity index (χ0n) is 17.9. The largest absolute Gasteiger partial charge is 0.494 e. The fourth-order valence-corrected chi connectivity index (χ4v) is 4.35. The van der Waals surface area contributed by atoms with Gasteiger partial charge in [-0.15, -0.1) is 0 Å². The van der Waals surface area contributed by atoms with Crippen molar-refractivity contribution in [2.75, 3.05) is 57.2 Å². The standard InChI is InChI=1S/C21H28ClN7O/c1-5-16-18-20(26-25-16)23-13-24-21(18)29-8-6-28(7-9-29)17-11-15(22)10-14(12-27(2)3)19(17)30-4/h10-11,13H,5-9,12H2,1-4H3,(H,23,24,25,26). The van der Waals surface area contributed by atoms with E-state index in [0.29, 0.717) is 0 Å². The lowest BCUT2D eigenvalue weighted by Gasteiger charge is -2.37. The molecular weight excluding hydrogens is 402 g/mol. The molecule has 1 aliphatic heterocycles. The SMILES string of the molecule is CCc1[nH]nc2ncnc(N3CCN(c4cc(Cl)cc(CN(C)C)c4OC)CC3)c12. The van der Waals surface area contributed by atoms with Crippen LogP contribution in [0.2, 0.25) is 5.02 Å². The summed E-state index contributed by atoms with van der Waals surface area (Å²) in [5.41, 5.74) is 3.94. The van der Waals surface area contributed by atoms with Gasteiger partial charge in [-0.25, -0.2) is 9.97 Å². The van der Waals surface area contributed by atoms with Crippen molar-refractivity contribution < 1.29 is 4.74 Å². The van der Waals surface area contributed by atoms with Crippen LogP contribution in [0.4, 0.5) is 11.5 Å². The number of ether oxygens (including phenoxy) is 1. The highest BCUT2D eigenvalue weighted by Gasteiger charge is 2.25. The van der Waals surface area contributed by atoms with E-state index in [0.717, 1.165) is 83.7 Å². The van der Waals surface area contributed by atoms with Crippen molar-refractivity contribution in [1.29, 1.82) is 0 Å². The first-order valence-corrected chi connectivity index (χ1v) is 10.6. The minimum Gasteiger partial charge on any atom is -0.494 e. The fraction of sp³-hybridized carbons (Fsp3) is 0.476. The Kier molecular flexibility index (Phi) is 5.97. The van der Waals surface area contributed by atoms with E-state index in [2.05, 4.69) is 41.8 Å². The Labute approximate surface area is 181 Å². The molecule has 4 rings (SSSR count). The maximum Gasteiger partial charge on any atom is 0.186 e. The normalized spacial score (nSPS) is 14.7. The van der Waals surface area contributed by atoms with Crippen molar-refractivity contribution in [3.8, 4) is 5.75 Å². The zero-order valence-corrected chi connectivity index (χ0v) is 18.7. The van der Waals surface area contributed by atoms with Gasteiger partial charge in [0.2, 0.25) is 0 Å². The van der Waals surface area contributed by atoms with Crippen molar-refractivity contribution in [1.82, 2.24) is 25.1 Å². The highest BCUT2D eigenvalue weighted by atomic mass is 35.5. The summed E-state index contributed by atoms with van der Waals surface area (Å²) in [7, 11) is 5.81. The molecule has 8 nitrogen and oxygen atoms in total. The predicted octanol–water partition coefficient (Wildman–Crippen LogP) is 2.97. The van der Waals surface area contributed by atoms with Crippen LogP contribution in [0.1, 0.15) is 18.2 Å². The number of aromatic amines is 1. The van der Waals surface area contributed by atoms with E-state index in [4.69, 9.17) is 16.3 Å². The Balaban J connectivity index is 1.59. The summed E-state index contributed by atoms with van der Waals surface area (Å²) in [6.45, 7) is 6.28. The summed E-state index contributed by atoms with van der Waals surface area (Å²) in [5, 5.41) is 9.18. The Morgan fingerprint density at radius 3 is 2.53 bits per heavy atom. The molecule has 1 fully saturated rings. The van der Waals surface area contributed by atoms with E-state index in [1.165, 1.54) is 0 Å². The number of rotatable bonds is 6. The molecule has 3 heterocycles. The summed E-state index contributed by atoms with van der Waals surface area (Å²) in [4.78, 5) is 15.7. The van der Waals surface area contributed by atoms with Gasteiger partial charge in [0.25, 0.3) is 0 Å². The number of hydrogen-bond donors (Lipinski definition) is 1. The van der Waals surface area contributed by atoms with Gasteiger partial charge < -0.3 is 19.4 Å². The number of nitrogens with one attached hydrogen (secondary N) is 1. The number of halogens is 1. The van der Waals surface area contributed by atoms with Crippen molar-refractivity contribution >= 4 is 34.1 Å². The van der Waals surface area contributed by atoms with E-state index in [9.17, 15) is 0 Å². The number of nitrogens with zero attached hydrogens (tertiary/aromatic N) is 6. The quantitative estimate of drug-likeness (QED) is 0.645. The number of methoxy groups -OCH3 is 1. The lowest BCUT2D eigenvalue weighted by atomic mass is 10.1. The Hall–Kier alpha value is -2.58. The van der Waals surface area contributed by atoms with Gasteiger partial charge in [-0.2, -0.15) is 5.10 Å². The van der Waals surface area contributed by atoms with Crippen molar-refractivity contribution in [3.05, 3.63) is 34.7 Å². The summed E-state index contributed by atoms with van der Waals surface area (Å²) in [6, 6.07) is 3.99. The average molecular weight is 430 g/mol. The minimum absolute atomic E-state index is 0.726. The summed E-state index contributed by atoms with van der Waals surface area (Å²) in [6.07, 6.45) is 2.46. The van der Waals surface area contributed by atoms with Crippen molar-refractivity contribution in [3.63, 3.8) is 0 Å². The topological polar surface area (TPSA) is 73.4 Å². The summed E-state index contributed by atoms with van der Waals surface area (Å²) >= 11 is 6.45. The number of fused-ring (bicyclic) bond motifs is 1. The third kappa shape index (κ3) is 3.89. The number of aromatic nitrogens is 4. The number of benzene rings is 1. The molecule has 0 spiro atoms. The third-order valence-corrected chi connectivity index (χ3v) is 5.70. The molecule has 2 aromatic heterocycles. The maximum absolute atomic E-state index is 6.45. The van der Waals surface area contributed by atoms with Crippen molar-refractivity contribution in [2.24, 2.45) is 0 Å². The third-order valence-electron chi connectivity index (χ3n) is 5.48. The van der Waals surface area contributed by atoms with Crippen molar-refractivity contribution in [2.45, 2.75) is 19.9 Å². The predicted molar refractivity (Wildman–Crippen MR) is 121 cm³/mol. The second-order valence-electron chi connectivity index (χ2n) is 7.78. The molecule has 0 radical (unpaired) electrons. The molecule has 0 unspecified atom stereocenters. The fourth-order valence-electron chi connectivity index (χ4n) is 4.12. The molecule has 1 aliphatic rings. The van der Waals surface area contributed by atoms with E-state index in [1.54, 1.807) is 13.4 Å². The van der Waals surface area contributed by atoms with Crippen LogP contribution in [0.3, 0.4) is 0 Å². The van der Waals surface area contributed by atoms with Gasteiger partial charge in [-0.1, -0.05) is 18.5 Å². The lowest BCUT2D eigenvalue weighted by Crippen LogP contribution is -2.47. The number of hydrogen-bond acceptors (Lipinski definition) is 7. The van der Waals surface area contributed by atoms with Crippen LogP contribution in [0.15, 0.2) is 18.5 Å². The van der Waals surface area contributed by atoms with Gasteiger partial charge in [-0.3, -0.25) is 5.10 Å². The molecule has 30 heavy (non-hydrogen) atoms. The second kappa shape index (κ2) is 8.65. The van der Waals surface area contributed by atoms with Gasteiger partial charge in [0.05, 0.1) is 18.2 Å². The summed E-state index contributed by atoms with van der Waals surface area (Å²) < 4.78 is 5.80. The molecule has 3 aromatic rings. The summed E-state index contributed by atoms with van der Waals surface area (Å²) in [5.74, 6) is 1.85. The molecule has 1 N–H and O–H groups in total. The smallest absolute Gasteiger partial charge is 0.186 e. The zero-order chi connectivity index (χ0) is 21.3. The molecule has 0 atom stereocenters. The number of aryl methyl sites for hydroxylation is 1. The van der Waals surface area contributed by atoms with E-state index in [1.807, 2.05) is 26.2 Å². The van der Waals surface area contributed by atoms with Crippen LogP contribution in [-0.4, -0.2) is 72.4 Å². The molecule has 1 aromatic carbocycles. The van der Waals surface area contributed by atoms with Crippen LogP contribution in [0, 0.1) is 0 Å². The average Bonchev–Trinajstić information content (AvgIpc) is 3.16. The molecule has 160 valence electrons. The molecule has 0 aliphatic carbocycles. The molecular formula is C21H28ClN7O. The molecule has 0 saturated carbocycles. The van der Waals surface area contributed by atoms with E-state index >= 15 is 0 Å². The number of anilines is 2.